The van der Waals surface area contributed by atoms with Crippen molar-refractivity contribution in [2.45, 2.75) is 31.4 Å². The molecule has 94 valence electrons. The van der Waals surface area contributed by atoms with Crippen LogP contribution in [0.25, 0.3) is 0 Å². The van der Waals surface area contributed by atoms with Crippen molar-refractivity contribution in [1.29, 1.82) is 0 Å². The van der Waals surface area contributed by atoms with Crippen molar-refractivity contribution in [3.05, 3.63) is 35.9 Å². The molecule has 3 nitrogen and oxygen atoms in total. The van der Waals surface area contributed by atoms with Gasteiger partial charge in [0.25, 0.3) is 0 Å². The summed E-state index contributed by atoms with van der Waals surface area (Å²) in [5, 5.41) is 10.1. The van der Waals surface area contributed by atoms with Crippen LogP contribution in [0.4, 0.5) is 0 Å². The minimum absolute atomic E-state index is 0.376. The summed E-state index contributed by atoms with van der Waals surface area (Å²) in [7, 11) is 0. The third kappa shape index (κ3) is 2.86. The van der Waals surface area contributed by atoms with Crippen LogP contribution < -0.4 is 5.73 Å². The molecular weight excluding hydrogens is 212 g/mol. The summed E-state index contributed by atoms with van der Waals surface area (Å²) in [6.07, 6.45) is 1.56. The lowest BCUT2D eigenvalue weighted by Crippen LogP contribution is -2.49. The van der Waals surface area contributed by atoms with E-state index in [2.05, 4.69) is 36.1 Å². The molecule has 17 heavy (non-hydrogen) atoms. The summed E-state index contributed by atoms with van der Waals surface area (Å²) in [5.74, 6) is 0. The molecule has 0 bridgehead atoms. The maximum Gasteiger partial charge on any atom is 0.0793 e. The van der Waals surface area contributed by atoms with Gasteiger partial charge in [0.15, 0.2) is 0 Å². The summed E-state index contributed by atoms with van der Waals surface area (Å²) >= 11 is 0. The quantitative estimate of drug-likeness (QED) is 0.834. The minimum Gasteiger partial charge on any atom is -0.388 e. The van der Waals surface area contributed by atoms with Gasteiger partial charge in [-0.1, -0.05) is 30.3 Å². The van der Waals surface area contributed by atoms with E-state index in [9.17, 15) is 5.11 Å². The van der Waals surface area contributed by atoms with Gasteiger partial charge in [0, 0.05) is 25.7 Å². The summed E-state index contributed by atoms with van der Waals surface area (Å²) in [6.45, 7) is 4.44. The van der Waals surface area contributed by atoms with Crippen molar-refractivity contribution in [2.75, 3.05) is 19.6 Å². The Balaban J connectivity index is 1.97. The number of hydrogen-bond donors (Lipinski definition) is 2. The molecule has 0 amide bonds. The van der Waals surface area contributed by atoms with E-state index < -0.39 is 5.60 Å². The maximum absolute atomic E-state index is 10.1. The van der Waals surface area contributed by atoms with Gasteiger partial charge in [0.1, 0.15) is 0 Å². The predicted molar refractivity (Wildman–Crippen MR) is 69.7 cm³/mol. The number of rotatable bonds is 3. The predicted octanol–water partition coefficient (Wildman–Crippen LogP) is 1.53. The normalized spacial score (nSPS) is 22.3. The second kappa shape index (κ2) is 5.17. The largest absolute Gasteiger partial charge is 0.388 e. The molecule has 1 heterocycles. The van der Waals surface area contributed by atoms with Gasteiger partial charge in [-0.2, -0.15) is 0 Å². The van der Waals surface area contributed by atoms with E-state index in [1.54, 1.807) is 0 Å². The van der Waals surface area contributed by atoms with Gasteiger partial charge < -0.3 is 10.8 Å². The fraction of sp³-hybridized carbons (Fsp3) is 0.571. The lowest BCUT2D eigenvalue weighted by molar-refractivity contribution is -0.0224. The van der Waals surface area contributed by atoms with E-state index in [0.29, 0.717) is 12.6 Å². The first kappa shape index (κ1) is 12.6. The summed E-state index contributed by atoms with van der Waals surface area (Å²) in [4.78, 5) is 2.42. The molecule has 0 spiro atoms. The van der Waals surface area contributed by atoms with Gasteiger partial charge in [0.2, 0.25) is 0 Å². The van der Waals surface area contributed by atoms with Gasteiger partial charge in [-0.05, 0) is 25.3 Å². The smallest absolute Gasteiger partial charge is 0.0793 e. The van der Waals surface area contributed by atoms with Crippen LogP contribution in [-0.2, 0) is 0 Å². The zero-order chi connectivity index (χ0) is 12.3. The summed E-state index contributed by atoms with van der Waals surface area (Å²) in [5.41, 5.74) is 6.31. The number of likely N-dealkylation sites (tertiary alicyclic amines) is 1. The van der Waals surface area contributed by atoms with Crippen molar-refractivity contribution < 1.29 is 5.11 Å². The topological polar surface area (TPSA) is 49.5 Å². The Morgan fingerprint density at radius 3 is 2.41 bits per heavy atom. The highest BCUT2D eigenvalue weighted by Gasteiger charge is 2.32. The highest BCUT2D eigenvalue weighted by Crippen LogP contribution is 2.28. The number of aliphatic hydroxyl groups is 1. The first-order valence-corrected chi connectivity index (χ1v) is 6.36. The molecule has 2 rings (SSSR count). The summed E-state index contributed by atoms with van der Waals surface area (Å²) in [6, 6.07) is 10.9. The van der Waals surface area contributed by atoms with Crippen LogP contribution in [0.3, 0.4) is 0 Å². The molecule has 0 radical (unpaired) electrons. The van der Waals surface area contributed by atoms with E-state index in [4.69, 9.17) is 5.73 Å². The van der Waals surface area contributed by atoms with E-state index >= 15 is 0 Å². The Kier molecular flexibility index (Phi) is 3.82. The van der Waals surface area contributed by atoms with Gasteiger partial charge in [-0.25, -0.2) is 0 Å². The van der Waals surface area contributed by atoms with Crippen LogP contribution in [0.15, 0.2) is 30.3 Å². The lowest BCUT2D eigenvalue weighted by Gasteiger charge is -2.40. The molecule has 1 aromatic carbocycles. The van der Waals surface area contributed by atoms with E-state index in [1.807, 2.05) is 6.07 Å². The fourth-order valence-electron chi connectivity index (χ4n) is 2.47. The Morgan fingerprint density at radius 2 is 1.88 bits per heavy atom. The third-order valence-corrected chi connectivity index (χ3v) is 3.94. The number of nitrogens with zero attached hydrogens (tertiary/aromatic N) is 1. The molecule has 1 saturated heterocycles. The molecular formula is C14H22N2O. The average Bonchev–Trinajstić information content (AvgIpc) is 2.40. The molecule has 1 fully saturated rings. The Hall–Kier alpha value is -0.900. The number of nitrogens with two attached hydrogens (primary N) is 1. The average molecular weight is 234 g/mol. The molecule has 1 atom stereocenters. The molecule has 0 saturated carbocycles. The third-order valence-electron chi connectivity index (χ3n) is 3.94. The monoisotopic (exact) mass is 234 g/mol. The number of benzene rings is 1. The molecule has 3 heteroatoms. The number of hydrogen-bond acceptors (Lipinski definition) is 3. The second-order valence-corrected chi connectivity index (χ2v) is 5.05. The second-order valence-electron chi connectivity index (χ2n) is 5.05. The Labute approximate surface area is 103 Å². The Bertz CT molecular complexity index is 344. The number of piperidine rings is 1. The van der Waals surface area contributed by atoms with Crippen LogP contribution in [0, 0.1) is 0 Å². The SMILES string of the molecule is CC(c1ccccc1)N1CCC(O)(CN)CC1. The van der Waals surface area contributed by atoms with E-state index in [0.717, 1.165) is 25.9 Å². The first-order chi connectivity index (χ1) is 8.14. The van der Waals surface area contributed by atoms with Gasteiger partial charge in [0.05, 0.1) is 5.60 Å². The van der Waals surface area contributed by atoms with Crippen molar-refractivity contribution in [2.24, 2.45) is 5.73 Å². The van der Waals surface area contributed by atoms with Crippen LogP contribution in [-0.4, -0.2) is 35.2 Å². The van der Waals surface area contributed by atoms with Gasteiger partial charge >= 0.3 is 0 Å². The fourth-order valence-corrected chi connectivity index (χ4v) is 2.47. The van der Waals surface area contributed by atoms with Crippen LogP contribution in [0.2, 0.25) is 0 Å². The van der Waals surface area contributed by atoms with Crippen LogP contribution in [0.1, 0.15) is 31.4 Å². The van der Waals surface area contributed by atoms with Crippen LogP contribution >= 0.6 is 0 Å². The van der Waals surface area contributed by atoms with Gasteiger partial charge in [-0.15, -0.1) is 0 Å². The first-order valence-electron chi connectivity index (χ1n) is 6.36. The Morgan fingerprint density at radius 1 is 1.29 bits per heavy atom. The van der Waals surface area contributed by atoms with Crippen molar-refractivity contribution in [3.8, 4) is 0 Å². The molecule has 1 aromatic rings. The molecule has 3 N–H and O–H groups in total. The van der Waals surface area contributed by atoms with Crippen molar-refractivity contribution >= 4 is 0 Å². The lowest BCUT2D eigenvalue weighted by atomic mass is 9.90. The zero-order valence-corrected chi connectivity index (χ0v) is 10.5. The standard InChI is InChI=1S/C14H22N2O/c1-12(13-5-3-2-4-6-13)16-9-7-14(17,11-15)8-10-16/h2-6,12,17H,7-11,15H2,1H3. The highest BCUT2D eigenvalue weighted by molar-refractivity contribution is 5.18. The molecule has 0 aliphatic carbocycles. The van der Waals surface area contributed by atoms with Crippen molar-refractivity contribution in [1.82, 2.24) is 4.90 Å². The molecule has 1 aliphatic heterocycles. The van der Waals surface area contributed by atoms with Crippen molar-refractivity contribution in [3.63, 3.8) is 0 Å². The maximum atomic E-state index is 10.1. The summed E-state index contributed by atoms with van der Waals surface area (Å²) < 4.78 is 0. The minimum atomic E-state index is -0.632. The zero-order valence-electron chi connectivity index (χ0n) is 10.5. The molecule has 1 unspecified atom stereocenters. The van der Waals surface area contributed by atoms with E-state index in [-0.39, 0.29) is 0 Å². The van der Waals surface area contributed by atoms with Gasteiger partial charge in [-0.3, -0.25) is 4.90 Å². The molecule has 0 aromatic heterocycles. The highest BCUT2D eigenvalue weighted by atomic mass is 16.3. The van der Waals surface area contributed by atoms with E-state index in [1.165, 1.54) is 5.56 Å². The molecule has 1 aliphatic rings. The van der Waals surface area contributed by atoms with Crippen LogP contribution in [0.5, 0.6) is 0 Å².